The standard InChI is InChI=1S/C14H18N2O4/c1-10-5-2-3-6-11(10)9-15-14(20)16-12(17)7-4-8-13(18)19/h2-3,5-6H,4,7-9H2,1H3,(H,18,19)(H2,15,16,17,20). The van der Waals surface area contributed by atoms with E-state index in [0.29, 0.717) is 6.54 Å². The summed E-state index contributed by atoms with van der Waals surface area (Å²) in [6.45, 7) is 2.27. The molecule has 0 aromatic heterocycles. The lowest BCUT2D eigenvalue weighted by atomic mass is 10.1. The minimum Gasteiger partial charge on any atom is -0.481 e. The molecule has 6 nitrogen and oxygen atoms in total. The second-order valence-corrected chi connectivity index (χ2v) is 4.40. The monoisotopic (exact) mass is 278 g/mol. The minimum atomic E-state index is -0.957. The van der Waals surface area contributed by atoms with Gasteiger partial charge < -0.3 is 10.4 Å². The summed E-state index contributed by atoms with van der Waals surface area (Å²) in [6, 6.07) is 7.04. The second-order valence-electron chi connectivity index (χ2n) is 4.40. The number of benzene rings is 1. The van der Waals surface area contributed by atoms with Gasteiger partial charge in [0.2, 0.25) is 5.91 Å². The molecule has 1 aromatic rings. The Kier molecular flexibility index (Phi) is 6.22. The van der Waals surface area contributed by atoms with E-state index in [1.165, 1.54) is 0 Å². The smallest absolute Gasteiger partial charge is 0.321 e. The number of carbonyl (C=O) groups is 3. The average molecular weight is 278 g/mol. The number of amides is 3. The number of carboxylic acid groups (broad SMARTS) is 1. The van der Waals surface area contributed by atoms with E-state index < -0.39 is 17.9 Å². The maximum atomic E-state index is 11.5. The molecule has 0 bridgehead atoms. The molecule has 0 aliphatic carbocycles. The summed E-state index contributed by atoms with van der Waals surface area (Å²) in [5.74, 6) is -1.43. The maximum Gasteiger partial charge on any atom is 0.321 e. The molecule has 0 atom stereocenters. The van der Waals surface area contributed by atoms with Crippen molar-refractivity contribution >= 4 is 17.9 Å². The van der Waals surface area contributed by atoms with Crippen molar-refractivity contribution < 1.29 is 19.5 Å². The molecular formula is C14H18N2O4. The van der Waals surface area contributed by atoms with Crippen molar-refractivity contribution in [1.29, 1.82) is 0 Å². The molecule has 20 heavy (non-hydrogen) atoms. The van der Waals surface area contributed by atoms with Crippen LogP contribution in [0.2, 0.25) is 0 Å². The number of aryl methyl sites for hydroxylation is 1. The van der Waals surface area contributed by atoms with E-state index in [1.54, 1.807) is 0 Å². The number of nitrogens with one attached hydrogen (secondary N) is 2. The molecule has 0 unspecified atom stereocenters. The van der Waals surface area contributed by atoms with Gasteiger partial charge >= 0.3 is 12.0 Å². The molecular weight excluding hydrogens is 260 g/mol. The highest BCUT2D eigenvalue weighted by molar-refractivity contribution is 5.94. The molecule has 0 spiro atoms. The minimum absolute atomic E-state index is 0.0179. The summed E-state index contributed by atoms with van der Waals surface area (Å²) < 4.78 is 0. The third-order valence-corrected chi connectivity index (χ3v) is 2.75. The van der Waals surface area contributed by atoms with Crippen molar-refractivity contribution in [3.8, 4) is 0 Å². The van der Waals surface area contributed by atoms with Gasteiger partial charge in [0.05, 0.1) is 0 Å². The Labute approximate surface area is 117 Å². The maximum absolute atomic E-state index is 11.5. The SMILES string of the molecule is Cc1ccccc1CNC(=O)NC(=O)CCCC(=O)O. The highest BCUT2D eigenvalue weighted by Gasteiger charge is 2.08. The summed E-state index contributed by atoms with van der Waals surface area (Å²) in [6.07, 6.45) is 0.147. The number of carboxylic acids is 1. The number of aliphatic carboxylic acids is 1. The van der Waals surface area contributed by atoms with Gasteiger partial charge in [-0.1, -0.05) is 24.3 Å². The van der Waals surface area contributed by atoms with Gasteiger partial charge in [0.25, 0.3) is 0 Å². The molecule has 0 radical (unpaired) electrons. The van der Waals surface area contributed by atoms with Crippen molar-refractivity contribution in [1.82, 2.24) is 10.6 Å². The van der Waals surface area contributed by atoms with Crippen LogP contribution in [0.25, 0.3) is 0 Å². The molecule has 0 fully saturated rings. The Bertz CT molecular complexity index is 500. The molecule has 1 rings (SSSR count). The lowest BCUT2D eigenvalue weighted by Gasteiger charge is -2.08. The normalized spacial score (nSPS) is 9.85. The third kappa shape index (κ3) is 5.99. The van der Waals surface area contributed by atoms with Gasteiger partial charge in [-0.2, -0.15) is 0 Å². The Morgan fingerprint density at radius 3 is 2.50 bits per heavy atom. The van der Waals surface area contributed by atoms with Gasteiger partial charge in [0.15, 0.2) is 0 Å². The first-order valence-electron chi connectivity index (χ1n) is 6.33. The van der Waals surface area contributed by atoms with Crippen molar-refractivity contribution in [3.05, 3.63) is 35.4 Å². The van der Waals surface area contributed by atoms with Crippen LogP contribution in [0.1, 0.15) is 30.4 Å². The van der Waals surface area contributed by atoms with Crippen LogP contribution in [-0.2, 0) is 16.1 Å². The van der Waals surface area contributed by atoms with Crippen molar-refractivity contribution in [2.75, 3.05) is 0 Å². The Hall–Kier alpha value is -2.37. The van der Waals surface area contributed by atoms with E-state index in [-0.39, 0.29) is 19.3 Å². The number of imide groups is 1. The molecule has 3 N–H and O–H groups in total. The summed E-state index contributed by atoms with van der Waals surface area (Å²) in [7, 11) is 0. The van der Waals surface area contributed by atoms with Crippen molar-refractivity contribution in [3.63, 3.8) is 0 Å². The summed E-state index contributed by atoms with van der Waals surface area (Å²) in [5.41, 5.74) is 2.03. The first-order valence-corrected chi connectivity index (χ1v) is 6.33. The van der Waals surface area contributed by atoms with Crippen LogP contribution in [0.3, 0.4) is 0 Å². The molecule has 0 aliphatic heterocycles. The Morgan fingerprint density at radius 2 is 1.85 bits per heavy atom. The number of rotatable bonds is 6. The number of hydrogen-bond donors (Lipinski definition) is 3. The zero-order valence-electron chi connectivity index (χ0n) is 11.3. The molecule has 0 saturated heterocycles. The fourth-order valence-corrected chi connectivity index (χ4v) is 1.62. The van der Waals surface area contributed by atoms with Gasteiger partial charge in [-0.15, -0.1) is 0 Å². The number of hydrogen-bond acceptors (Lipinski definition) is 3. The molecule has 3 amide bonds. The fraction of sp³-hybridized carbons (Fsp3) is 0.357. The summed E-state index contributed by atoms with van der Waals surface area (Å²) in [4.78, 5) is 33.1. The highest BCUT2D eigenvalue weighted by atomic mass is 16.4. The largest absolute Gasteiger partial charge is 0.481 e. The molecule has 1 aromatic carbocycles. The first-order chi connectivity index (χ1) is 9.49. The topological polar surface area (TPSA) is 95.5 Å². The third-order valence-electron chi connectivity index (χ3n) is 2.75. The van der Waals surface area contributed by atoms with E-state index in [9.17, 15) is 14.4 Å². The van der Waals surface area contributed by atoms with Gasteiger partial charge in [0.1, 0.15) is 0 Å². The van der Waals surface area contributed by atoms with Gasteiger partial charge in [-0.3, -0.25) is 14.9 Å². The van der Waals surface area contributed by atoms with Gasteiger partial charge in [-0.05, 0) is 24.5 Å². The van der Waals surface area contributed by atoms with E-state index in [4.69, 9.17) is 5.11 Å². The van der Waals surface area contributed by atoms with Crippen LogP contribution in [0.15, 0.2) is 24.3 Å². The van der Waals surface area contributed by atoms with Crippen LogP contribution in [0.4, 0.5) is 4.79 Å². The number of carbonyl (C=O) groups excluding carboxylic acids is 2. The van der Waals surface area contributed by atoms with Crippen LogP contribution in [0.5, 0.6) is 0 Å². The van der Waals surface area contributed by atoms with Crippen LogP contribution in [-0.4, -0.2) is 23.0 Å². The summed E-state index contributed by atoms with van der Waals surface area (Å²) >= 11 is 0. The lowest BCUT2D eigenvalue weighted by molar-refractivity contribution is -0.137. The highest BCUT2D eigenvalue weighted by Crippen LogP contribution is 2.05. The molecule has 108 valence electrons. The van der Waals surface area contributed by atoms with Crippen LogP contribution >= 0.6 is 0 Å². The Balaban J connectivity index is 2.28. The van der Waals surface area contributed by atoms with Crippen molar-refractivity contribution in [2.45, 2.75) is 32.7 Å². The van der Waals surface area contributed by atoms with Crippen molar-refractivity contribution in [2.24, 2.45) is 0 Å². The lowest BCUT2D eigenvalue weighted by Crippen LogP contribution is -2.39. The van der Waals surface area contributed by atoms with E-state index in [2.05, 4.69) is 10.6 Å². The number of urea groups is 1. The predicted molar refractivity (Wildman–Crippen MR) is 73.0 cm³/mol. The van der Waals surface area contributed by atoms with E-state index >= 15 is 0 Å². The molecule has 0 aliphatic rings. The molecule has 0 heterocycles. The van der Waals surface area contributed by atoms with E-state index in [0.717, 1.165) is 11.1 Å². The van der Waals surface area contributed by atoms with Gasteiger partial charge in [-0.25, -0.2) is 4.79 Å². The second kappa shape index (κ2) is 7.93. The molecule has 0 saturated carbocycles. The Morgan fingerprint density at radius 1 is 1.15 bits per heavy atom. The van der Waals surface area contributed by atoms with Gasteiger partial charge in [0, 0.05) is 19.4 Å². The van der Waals surface area contributed by atoms with Crippen LogP contribution < -0.4 is 10.6 Å². The van der Waals surface area contributed by atoms with Crippen LogP contribution in [0, 0.1) is 6.92 Å². The predicted octanol–water partition coefficient (Wildman–Crippen LogP) is 1.58. The average Bonchev–Trinajstić information content (AvgIpc) is 2.37. The first kappa shape index (κ1) is 15.7. The fourth-order valence-electron chi connectivity index (χ4n) is 1.62. The molecule has 6 heteroatoms. The zero-order valence-corrected chi connectivity index (χ0v) is 11.3. The summed E-state index contributed by atoms with van der Waals surface area (Å²) in [5, 5.41) is 13.2. The quantitative estimate of drug-likeness (QED) is 0.736. The van der Waals surface area contributed by atoms with E-state index in [1.807, 2.05) is 31.2 Å². The zero-order chi connectivity index (χ0) is 15.0.